The van der Waals surface area contributed by atoms with E-state index in [2.05, 4.69) is 199 Å². The van der Waals surface area contributed by atoms with Gasteiger partial charge < -0.3 is 0 Å². The summed E-state index contributed by atoms with van der Waals surface area (Å²) in [6.07, 6.45) is 0. The van der Waals surface area contributed by atoms with Gasteiger partial charge in [-0.3, -0.25) is 4.90 Å². The van der Waals surface area contributed by atoms with E-state index in [1.807, 2.05) is 13.0 Å². The van der Waals surface area contributed by atoms with Crippen molar-refractivity contribution in [2.75, 3.05) is 4.90 Å². The highest BCUT2D eigenvalue weighted by Crippen LogP contribution is 2.46. The van der Waals surface area contributed by atoms with Crippen LogP contribution >= 0.6 is 0 Å². The predicted molar refractivity (Wildman–Crippen MR) is 230 cm³/mol. The summed E-state index contributed by atoms with van der Waals surface area (Å²) < 4.78 is 0. The van der Waals surface area contributed by atoms with Crippen molar-refractivity contribution in [1.29, 1.82) is 0 Å². The van der Waals surface area contributed by atoms with Crippen LogP contribution in [0.15, 0.2) is 200 Å². The number of nitrogens with zero attached hydrogens (tertiary/aromatic N) is 2. The number of hydrogen-bond acceptors (Lipinski definition) is 2. The molecular weight excluding hydrogens is 653 g/mol. The third-order valence-electron chi connectivity index (χ3n) is 10.7. The maximum Gasteiger partial charge on any atom is 0.137 e. The van der Waals surface area contributed by atoms with Crippen molar-refractivity contribution in [3.05, 3.63) is 206 Å². The molecule has 0 spiro atoms. The summed E-state index contributed by atoms with van der Waals surface area (Å²) in [5, 5.41) is 9.96. The fourth-order valence-electron chi connectivity index (χ4n) is 8.12. The zero-order valence-corrected chi connectivity index (χ0v) is 29.9. The lowest BCUT2D eigenvalue weighted by molar-refractivity contribution is 1.13. The third kappa shape index (κ3) is 5.57. The maximum absolute atomic E-state index is 4.90. The average Bonchev–Trinajstić information content (AvgIpc) is 3.23. The van der Waals surface area contributed by atoms with E-state index in [1.165, 1.54) is 70.9 Å². The topological polar surface area (TPSA) is 16.1 Å². The first-order valence-electron chi connectivity index (χ1n) is 18.5. The molecule has 1 aromatic heterocycles. The normalized spacial score (nSPS) is 11.4. The van der Waals surface area contributed by atoms with E-state index in [0.29, 0.717) is 0 Å². The number of pyridine rings is 1. The third-order valence-corrected chi connectivity index (χ3v) is 10.7. The van der Waals surface area contributed by atoms with Crippen LogP contribution in [0.1, 0.15) is 5.69 Å². The summed E-state index contributed by atoms with van der Waals surface area (Å²) in [6, 6.07) is 72.6. The summed E-state index contributed by atoms with van der Waals surface area (Å²) in [5.74, 6) is 0.896. The number of para-hydroxylation sites is 1. The van der Waals surface area contributed by atoms with Gasteiger partial charge in [0.25, 0.3) is 0 Å². The lowest BCUT2D eigenvalue weighted by Crippen LogP contribution is -2.11. The number of benzene rings is 9. The van der Waals surface area contributed by atoms with Crippen LogP contribution in [0.25, 0.3) is 76.5 Å². The van der Waals surface area contributed by atoms with Crippen molar-refractivity contribution in [2.24, 2.45) is 0 Å². The van der Waals surface area contributed by atoms with Gasteiger partial charge in [0.15, 0.2) is 0 Å². The van der Waals surface area contributed by atoms with Gasteiger partial charge in [0.05, 0.1) is 0 Å². The Balaban J connectivity index is 1.19. The first-order valence-corrected chi connectivity index (χ1v) is 18.5. The lowest BCUT2D eigenvalue weighted by Gasteiger charge is -2.24. The van der Waals surface area contributed by atoms with Crippen molar-refractivity contribution < 1.29 is 0 Å². The van der Waals surface area contributed by atoms with E-state index in [0.717, 1.165) is 28.5 Å². The number of anilines is 3. The Morgan fingerprint density at radius 1 is 0.333 bits per heavy atom. The van der Waals surface area contributed by atoms with E-state index in [-0.39, 0.29) is 0 Å². The Morgan fingerprint density at radius 3 is 1.46 bits per heavy atom. The highest BCUT2D eigenvalue weighted by molar-refractivity contribution is 6.22. The maximum atomic E-state index is 4.90. The van der Waals surface area contributed by atoms with Gasteiger partial charge in [-0.2, -0.15) is 0 Å². The Kier molecular flexibility index (Phi) is 7.74. The molecule has 0 aliphatic carbocycles. The van der Waals surface area contributed by atoms with Gasteiger partial charge in [-0.25, -0.2) is 4.98 Å². The molecule has 10 aromatic rings. The Hall–Kier alpha value is -7.03. The van der Waals surface area contributed by atoms with E-state index in [4.69, 9.17) is 4.98 Å². The van der Waals surface area contributed by atoms with Gasteiger partial charge >= 0.3 is 0 Å². The molecule has 0 N–H and O–H groups in total. The molecule has 54 heavy (non-hydrogen) atoms. The minimum Gasteiger partial charge on any atom is -0.295 e. The van der Waals surface area contributed by atoms with Gasteiger partial charge in [-0.1, -0.05) is 146 Å². The molecule has 0 saturated heterocycles. The smallest absolute Gasteiger partial charge is 0.137 e. The monoisotopic (exact) mass is 688 g/mol. The molecule has 2 heteroatoms. The first-order chi connectivity index (χ1) is 26.7. The molecule has 10 rings (SSSR count). The standard InChI is InChI=1S/C52H36N2/c1-35-12-11-21-50(53-35)54(44-17-3-2-4-18-44)45-29-26-38(27-30-45)41-28-31-48-49(34-41)52(43-25-23-37-14-6-8-16-40(37)33-43)47-20-10-9-19-46(47)51(48)42-24-22-36-13-5-7-15-39(36)32-42/h2-34H,1H3. The van der Waals surface area contributed by atoms with Gasteiger partial charge in [0, 0.05) is 17.1 Å². The molecule has 1 heterocycles. The van der Waals surface area contributed by atoms with Crippen LogP contribution in [-0.2, 0) is 0 Å². The second kappa shape index (κ2) is 13.2. The Morgan fingerprint density at radius 2 is 0.833 bits per heavy atom. The molecule has 9 aromatic carbocycles. The van der Waals surface area contributed by atoms with E-state index in [1.54, 1.807) is 0 Å². The van der Waals surface area contributed by atoms with Crippen molar-refractivity contribution >= 4 is 60.3 Å². The summed E-state index contributed by atoms with van der Waals surface area (Å²) in [6.45, 7) is 2.04. The molecule has 0 fully saturated rings. The molecule has 0 amide bonds. The molecule has 0 atom stereocenters. The van der Waals surface area contributed by atoms with Crippen molar-refractivity contribution in [3.8, 4) is 33.4 Å². The first kappa shape index (κ1) is 31.7. The molecule has 0 aliphatic heterocycles. The summed E-state index contributed by atoms with van der Waals surface area (Å²) in [5.41, 5.74) is 10.4. The zero-order chi connectivity index (χ0) is 36.0. The van der Waals surface area contributed by atoms with Gasteiger partial charge in [0.2, 0.25) is 0 Å². The van der Waals surface area contributed by atoms with Crippen LogP contribution in [0.5, 0.6) is 0 Å². The number of hydrogen-bond donors (Lipinski definition) is 0. The van der Waals surface area contributed by atoms with Gasteiger partial charge in [0.1, 0.15) is 5.82 Å². The SMILES string of the molecule is Cc1cccc(N(c2ccccc2)c2ccc(-c3ccc4c(-c5ccc6ccccc6c5)c5ccccc5c(-c5ccc6ccccc6c5)c4c3)cc2)n1. The number of aryl methyl sites for hydroxylation is 1. The number of rotatable bonds is 6. The second-order valence-corrected chi connectivity index (χ2v) is 14.0. The summed E-state index contributed by atoms with van der Waals surface area (Å²) in [4.78, 5) is 7.12. The van der Waals surface area contributed by atoms with Crippen LogP contribution in [0.3, 0.4) is 0 Å². The Bertz CT molecular complexity index is 3000. The molecule has 0 radical (unpaired) electrons. The highest BCUT2D eigenvalue weighted by Gasteiger charge is 2.19. The van der Waals surface area contributed by atoms with Crippen molar-refractivity contribution in [2.45, 2.75) is 6.92 Å². The van der Waals surface area contributed by atoms with E-state index in [9.17, 15) is 0 Å². The zero-order valence-electron chi connectivity index (χ0n) is 29.9. The molecule has 0 saturated carbocycles. The average molecular weight is 689 g/mol. The Labute approximate surface area is 315 Å². The predicted octanol–water partition coefficient (Wildman–Crippen LogP) is 14.5. The minimum atomic E-state index is 0.896. The van der Waals surface area contributed by atoms with Crippen LogP contribution in [0.2, 0.25) is 0 Å². The lowest BCUT2D eigenvalue weighted by atomic mass is 9.84. The molecule has 254 valence electrons. The van der Waals surface area contributed by atoms with Crippen LogP contribution in [0.4, 0.5) is 17.2 Å². The fourth-order valence-corrected chi connectivity index (χ4v) is 8.12. The highest BCUT2D eigenvalue weighted by atomic mass is 15.2. The van der Waals surface area contributed by atoms with E-state index >= 15 is 0 Å². The fraction of sp³-hybridized carbons (Fsp3) is 0.0192. The summed E-state index contributed by atoms with van der Waals surface area (Å²) in [7, 11) is 0. The number of fused-ring (bicyclic) bond motifs is 4. The number of aromatic nitrogens is 1. The van der Waals surface area contributed by atoms with E-state index < -0.39 is 0 Å². The van der Waals surface area contributed by atoms with Gasteiger partial charge in [-0.05, 0) is 138 Å². The van der Waals surface area contributed by atoms with Crippen LogP contribution < -0.4 is 4.90 Å². The van der Waals surface area contributed by atoms with Crippen molar-refractivity contribution in [1.82, 2.24) is 4.98 Å². The second-order valence-electron chi connectivity index (χ2n) is 14.0. The largest absolute Gasteiger partial charge is 0.295 e. The molecule has 0 bridgehead atoms. The van der Waals surface area contributed by atoms with Crippen molar-refractivity contribution in [3.63, 3.8) is 0 Å². The minimum absolute atomic E-state index is 0.896. The molecular formula is C52H36N2. The quantitative estimate of drug-likeness (QED) is 0.162. The molecule has 2 nitrogen and oxygen atoms in total. The molecule has 0 aliphatic rings. The van der Waals surface area contributed by atoms with Crippen LogP contribution in [-0.4, -0.2) is 4.98 Å². The summed E-state index contributed by atoms with van der Waals surface area (Å²) >= 11 is 0. The van der Waals surface area contributed by atoms with Gasteiger partial charge in [-0.15, -0.1) is 0 Å². The van der Waals surface area contributed by atoms with Crippen LogP contribution in [0, 0.1) is 6.92 Å². The molecule has 0 unspecified atom stereocenters.